The van der Waals surface area contributed by atoms with Crippen LogP contribution in [0.15, 0.2) is 146 Å². The number of ether oxygens (including phenoxy) is 3. The first-order valence-corrected chi connectivity index (χ1v) is 34.3. The van der Waals surface area contributed by atoms with E-state index in [2.05, 4.69) is 167 Å². The predicted molar refractivity (Wildman–Crippen MR) is 362 cm³/mol. The molecule has 1 unspecified atom stereocenters. The molecule has 6 heteroatoms. The molecule has 0 aromatic carbocycles. The van der Waals surface area contributed by atoms with Crippen molar-refractivity contribution in [1.29, 1.82) is 0 Å². The number of hydrogen-bond acceptors (Lipinski definition) is 6. The van der Waals surface area contributed by atoms with Crippen LogP contribution in [0, 0.1) is 0 Å². The fraction of sp³-hybridized carbons (Fsp3) is 0.649. The van der Waals surface area contributed by atoms with Gasteiger partial charge in [0.1, 0.15) is 13.2 Å². The highest BCUT2D eigenvalue weighted by molar-refractivity contribution is 5.71. The van der Waals surface area contributed by atoms with Crippen LogP contribution in [0.25, 0.3) is 0 Å². The Morgan fingerprint density at radius 2 is 0.434 bits per heavy atom. The third-order valence-corrected chi connectivity index (χ3v) is 14.3. The molecular formula is C77H126O6. The van der Waals surface area contributed by atoms with Crippen LogP contribution >= 0.6 is 0 Å². The highest BCUT2D eigenvalue weighted by Crippen LogP contribution is 2.16. The summed E-state index contributed by atoms with van der Waals surface area (Å²) < 4.78 is 16.9. The molecule has 0 amide bonds. The number of allylic oxidation sites excluding steroid dienone is 24. The van der Waals surface area contributed by atoms with E-state index in [-0.39, 0.29) is 31.1 Å². The summed E-state index contributed by atoms with van der Waals surface area (Å²) in [6.07, 6.45) is 100. The molecule has 0 aliphatic rings. The maximum atomic E-state index is 12.9. The molecule has 0 aromatic heterocycles. The Morgan fingerprint density at radius 1 is 0.241 bits per heavy atom. The van der Waals surface area contributed by atoms with Crippen LogP contribution in [0.2, 0.25) is 0 Å². The van der Waals surface area contributed by atoms with Gasteiger partial charge >= 0.3 is 17.9 Å². The first kappa shape index (κ1) is 78.3. The fourth-order valence-corrected chi connectivity index (χ4v) is 9.30. The predicted octanol–water partition coefficient (Wildman–Crippen LogP) is 23.9. The van der Waals surface area contributed by atoms with Gasteiger partial charge in [-0.3, -0.25) is 14.4 Å². The Morgan fingerprint density at radius 3 is 0.687 bits per heavy atom. The lowest BCUT2D eigenvalue weighted by molar-refractivity contribution is -0.167. The largest absolute Gasteiger partial charge is 0.462 e. The Hall–Kier alpha value is -4.71. The second-order valence-corrected chi connectivity index (χ2v) is 22.3. The third kappa shape index (κ3) is 68.0. The molecule has 1 atom stereocenters. The van der Waals surface area contributed by atoms with Gasteiger partial charge in [0.15, 0.2) is 6.10 Å². The fourth-order valence-electron chi connectivity index (χ4n) is 9.30. The van der Waals surface area contributed by atoms with E-state index in [1.807, 2.05) is 0 Å². The van der Waals surface area contributed by atoms with Crippen molar-refractivity contribution in [2.75, 3.05) is 13.2 Å². The number of unbranched alkanes of at least 4 members (excludes halogenated alkanes) is 26. The van der Waals surface area contributed by atoms with E-state index in [1.54, 1.807) is 0 Å². The zero-order valence-corrected chi connectivity index (χ0v) is 53.9. The molecular weight excluding hydrogens is 1020 g/mol. The quantitative estimate of drug-likeness (QED) is 0.0261. The molecule has 0 aliphatic carbocycles. The van der Waals surface area contributed by atoms with Crippen molar-refractivity contribution in [3.8, 4) is 0 Å². The molecule has 0 bridgehead atoms. The van der Waals surface area contributed by atoms with Gasteiger partial charge in [-0.05, 0) is 135 Å². The lowest BCUT2D eigenvalue weighted by atomic mass is 10.0. The molecule has 0 radical (unpaired) electrons. The normalized spacial score (nSPS) is 13.0. The number of hydrogen-bond donors (Lipinski definition) is 0. The topological polar surface area (TPSA) is 78.9 Å². The van der Waals surface area contributed by atoms with Gasteiger partial charge in [0, 0.05) is 19.3 Å². The summed E-state index contributed by atoms with van der Waals surface area (Å²) in [6.45, 7) is 6.28. The van der Waals surface area contributed by atoms with Crippen molar-refractivity contribution in [3.63, 3.8) is 0 Å². The number of esters is 3. The summed E-state index contributed by atoms with van der Waals surface area (Å²) in [7, 11) is 0. The van der Waals surface area contributed by atoms with Gasteiger partial charge in [0.25, 0.3) is 0 Å². The van der Waals surface area contributed by atoms with E-state index in [4.69, 9.17) is 14.2 Å². The van der Waals surface area contributed by atoms with Crippen LogP contribution in [0.4, 0.5) is 0 Å². The van der Waals surface area contributed by atoms with E-state index >= 15 is 0 Å². The molecule has 83 heavy (non-hydrogen) atoms. The standard InChI is InChI=1S/C77H126O6/c1-4-7-10-13-16-19-22-25-27-29-31-32-33-34-35-36-37-38-39-40-41-42-43-44-46-47-49-52-55-58-61-64-67-70-76(79)82-73-74(72-81-75(78)69-66-63-60-57-54-51-24-21-18-15-12-9-6-3)83-77(80)71-68-65-62-59-56-53-50-48-45-30-28-26-23-20-17-14-11-8-5-2/h7-12,16-21,25-28,31-32,34-35,45,48,51,54,74H,4-6,13-15,22-24,29-30,33,36-44,46-47,49-50,52-53,55-73H2,1-3H3/b10-7-,11-8-,12-9-,19-16-,20-17-,21-18-,27-25-,28-26-,32-31-,35-34-,48-45-,54-51-. The summed E-state index contributed by atoms with van der Waals surface area (Å²) in [5.41, 5.74) is 0. The average Bonchev–Trinajstić information content (AvgIpc) is 3.49. The van der Waals surface area contributed by atoms with Crippen LogP contribution in [0.1, 0.15) is 303 Å². The Kier molecular flexibility index (Phi) is 65.8. The number of carbonyl (C=O) groups is 3. The smallest absolute Gasteiger partial charge is 0.306 e. The number of carbonyl (C=O) groups excluding carboxylic acids is 3. The van der Waals surface area contributed by atoms with Crippen molar-refractivity contribution < 1.29 is 28.6 Å². The van der Waals surface area contributed by atoms with E-state index < -0.39 is 6.10 Å². The Balaban J connectivity index is 4.24. The van der Waals surface area contributed by atoms with Crippen LogP contribution in [-0.4, -0.2) is 37.2 Å². The van der Waals surface area contributed by atoms with Crippen molar-refractivity contribution in [1.82, 2.24) is 0 Å². The van der Waals surface area contributed by atoms with Crippen molar-refractivity contribution in [3.05, 3.63) is 146 Å². The minimum Gasteiger partial charge on any atom is -0.462 e. The molecule has 0 N–H and O–H groups in total. The van der Waals surface area contributed by atoms with Gasteiger partial charge in [0.05, 0.1) is 0 Å². The van der Waals surface area contributed by atoms with Crippen molar-refractivity contribution >= 4 is 17.9 Å². The van der Waals surface area contributed by atoms with E-state index in [0.29, 0.717) is 19.3 Å². The highest BCUT2D eigenvalue weighted by atomic mass is 16.6. The minimum atomic E-state index is -0.803. The molecule has 0 heterocycles. The zero-order chi connectivity index (χ0) is 59.9. The average molecular weight is 1150 g/mol. The molecule has 470 valence electrons. The maximum Gasteiger partial charge on any atom is 0.306 e. The monoisotopic (exact) mass is 1150 g/mol. The molecule has 0 saturated carbocycles. The first-order valence-electron chi connectivity index (χ1n) is 34.3. The van der Waals surface area contributed by atoms with Crippen molar-refractivity contribution in [2.45, 2.75) is 309 Å². The molecule has 0 saturated heterocycles. The summed E-state index contributed by atoms with van der Waals surface area (Å²) in [5, 5.41) is 0. The van der Waals surface area contributed by atoms with Gasteiger partial charge in [-0.2, -0.15) is 0 Å². The van der Waals surface area contributed by atoms with Gasteiger partial charge in [0.2, 0.25) is 0 Å². The summed E-state index contributed by atoms with van der Waals surface area (Å²) in [5.74, 6) is -0.936. The second kappa shape index (κ2) is 69.8. The van der Waals surface area contributed by atoms with E-state index in [0.717, 1.165) is 154 Å². The third-order valence-electron chi connectivity index (χ3n) is 14.3. The lowest BCUT2D eigenvalue weighted by Crippen LogP contribution is -2.30. The Labute approximate surface area is 512 Å². The summed E-state index contributed by atoms with van der Waals surface area (Å²) >= 11 is 0. The minimum absolute atomic E-state index is 0.0957. The molecule has 0 fully saturated rings. The molecule has 0 rings (SSSR count). The molecule has 0 spiro atoms. The van der Waals surface area contributed by atoms with Crippen LogP contribution in [-0.2, 0) is 28.6 Å². The van der Waals surface area contributed by atoms with Crippen molar-refractivity contribution in [2.24, 2.45) is 0 Å². The van der Waals surface area contributed by atoms with Crippen LogP contribution in [0.3, 0.4) is 0 Å². The SMILES string of the molecule is CC/C=C\C/C=C\C/C=C\C/C=C\C/C=C\CCCCCCCCCCCCCCCCCCCC(=O)OCC(COC(=O)CCCCC/C=C\C/C=C\C/C=C\CC)OC(=O)CCCCCCCC/C=C\C/C=C\C/C=C\C/C=C\CC. The summed E-state index contributed by atoms with van der Waals surface area (Å²) in [4.78, 5) is 38.4. The summed E-state index contributed by atoms with van der Waals surface area (Å²) in [6, 6.07) is 0. The van der Waals surface area contributed by atoms with Crippen LogP contribution < -0.4 is 0 Å². The second-order valence-electron chi connectivity index (χ2n) is 22.3. The molecule has 0 aliphatic heterocycles. The molecule has 6 nitrogen and oxygen atoms in total. The van der Waals surface area contributed by atoms with Gasteiger partial charge in [-0.1, -0.05) is 295 Å². The van der Waals surface area contributed by atoms with Gasteiger partial charge in [-0.25, -0.2) is 0 Å². The van der Waals surface area contributed by atoms with E-state index in [9.17, 15) is 14.4 Å². The Bertz CT molecular complexity index is 1800. The zero-order valence-electron chi connectivity index (χ0n) is 53.9. The van der Waals surface area contributed by atoms with Gasteiger partial charge < -0.3 is 14.2 Å². The van der Waals surface area contributed by atoms with E-state index in [1.165, 1.54) is 109 Å². The maximum absolute atomic E-state index is 12.9. The lowest BCUT2D eigenvalue weighted by Gasteiger charge is -2.18. The molecule has 0 aromatic rings. The number of rotatable bonds is 61. The van der Waals surface area contributed by atoms with Gasteiger partial charge in [-0.15, -0.1) is 0 Å². The highest BCUT2D eigenvalue weighted by Gasteiger charge is 2.19. The first-order chi connectivity index (χ1) is 41.0. The van der Waals surface area contributed by atoms with Crippen LogP contribution in [0.5, 0.6) is 0 Å².